The Hall–Kier alpha value is -1.07. The maximum Gasteiger partial charge on any atom is 0.180 e. The fraction of sp³-hybridized carbons (Fsp3) is 0.571. The first-order chi connectivity index (χ1) is 9.10. The van der Waals surface area contributed by atoms with Crippen LogP contribution in [-0.2, 0) is 9.84 Å². The SMILES string of the molecule is CCS(=O)(=O)c1ccccc1N1CCCCC1CO. The lowest BCUT2D eigenvalue weighted by Crippen LogP contribution is -2.42. The molecule has 2 rings (SSSR count). The minimum atomic E-state index is -3.23. The summed E-state index contributed by atoms with van der Waals surface area (Å²) in [5, 5.41) is 9.48. The average Bonchev–Trinajstić information content (AvgIpc) is 2.47. The molecule has 1 atom stereocenters. The third-order valence-corrected chi connectivity index (χ3v) is 5.50. The molecule has 1 aliphatic rings. The summed E-state index contributed by atoms with van der Waals surface area (Å²) in [4.78, 5) is 2.43. The molecule has 1 fully saturated rings. The standard InChI is InChI=1S/C14H21NO3S/c1-2-19(17,18)14-9-4-3-8-13(14)15-10-6-5-7-12(15)11-16/h3-4,8-9,12,16H,2,5-7,10-11H2,1H3. The van der Waals surface area contributed by atoms with E-state index in [-0.39, 0.29) is 18.4 Å². The van der Waals surface area contributed by atoms with Crippen LogP contribution in [0.4, 0.5) is 5.69 Å². The van der Waals surface area contributed by atoms with E-state index >= 15 is 0 Å². The number of rotatable bonds is 4. The van der Waals surface area contributed by atoms with Crippen molar-refractivity contribution in [3.8, 4) is 0 Å². The molecule has 0 aromatic heterocycles. The monoisotopic (exact) mass is 283 g/mol. The Kier molecular flexibility index (Phi) is 4.47. The molecule has 0 aliphatic carbocycles. The van der Waals surface area contributed by atoms with Crippen LogP contribution in [-0.4, -0.2) is 38.5 Å². The van der Waals surface area contributed by atoms with Gasteiger partial charge in [0, 0.05) is 6.54 Å². The molecule has 106 valence electrons. The lowest BCUT2D eigenvalue weighted by Gasteiger charge is -2.37. The van der Waals surface area contributed by atoms with Crippen molar-refractivity contribution in [2.45, 2.75) is 37.1 Å². The molecule has 0 amide bonds. The number of anilines is 1. The van der Waals surface area contributed by atoms with E-state index in [0.717, 1.165) is 31.5 Å². The number of aliphatic hydroxyl groups excluding tert-OH is 1. The van der Waals surface area contributed by atoms with Gasteiger partial charge in [0.1, 0.15) is 0 Å². The van der Waals surface area contributed by atoms with Gasteiger partial charge in [-0.2, -0.15) is 0 Å². The molecule has 1 unspecified atom stereocenters. The Labute approximate surface area is 115 Å². The van der Waals surface area contributed by atoms with Crippen molar-refractivity contribution in [1.29, 1.82) is 0 Å². The molecule has 1 heterocycles. The second-order valence-electron chi connectivity index (χ2n) is 4.90. The van der Waals surface area contributed by atoms with Crippen molar-refractivity contribution in [1.82, 2.24) is 0 Å². The quantitative estimate of drug-likeness (QED) is 0.916. The summed E-state index contributed by atoms with van der Waals surface area (Å²) in [6.07, 6.45) is 3.04. The van der Waals surface area contributed by atoms with Crippen LogP contribution in [0.1, 0.15) is 26.2 Å². The maximum atomic E-state index is 12.2. The van der Waals surface area contributed by atoms with E-state index in [0.29, 0.717) is 4.90 Å². The Bertz CT molecular complexity index is 527. The number of nitrogens with zero attached hydrogens (tertiary/aromatic N) is 1. The first-order valence-electron chi connectivity index (χ1n) is 6.79. The van der Waals surface area contributed by atoms with Crippen molar-refractivity contribution in [2.24, 2.45) is 0 Å². The molecule has 0 saturated carbocycles. The van der Waals surface area contributed by atoms with Crippen LogP contribution in [0.25, 0.3) is 0 Å². The van der Waals surface area contributed by atoms with Crippen LogP contribution in [0, 0.1) is 0 Å². The summed E-state index contributed by atoms with van der Waals surface area (Å²) in [7, 11) is -3.23. The fourth-order valence-electron chi connectivity index (χ4n) is 2.62. The molecule has 0 spiro atoms. The molecule has 1 saturated heterocycles. The van der Waals surface area contributed by atoms with E-state index in [9.17, 15) is 13.5 Å². The molecule has 4 nitrogen and oxygen atoms in total. The number of benzene rings is 1. The van der Waals surface area contributed by atoms with E-state index in [1.54, 1.807) is 19.1 Å². The number of para-hydroxylation sites is 1. The maximum absolute atomic E-state index is 12.2. The predicted octanol–water partition coefficient (Wildman–Crippen LogP) is 1.83. The molecule has 1 N–H and O–H groups in total. The molecule has 1 aliphatic heterocycles. The summed E-state index contributed by atoms with van der Waals surface area (Å²) in [5.74, 6) is 0.0989. The number of sulfone groups is 1. The molecule has 0 bridgehead atoms. The predicted molar refractivity (Wildman–Crippen MR) is 76.2 cm³/mol. The summed E-state index contributed by atoms with van der Waals surface area (Å²) in [6, 6.07) is 7.15. The van der Waals surface area contributed by atoms with Gasteiger partial charge in [-0.3, -0.25) is 0 Å². The third kappa shape index (κ3) is 2.92. The highest BCUT2D eigenvalue weighted by molar-refractivity contribution is 7.91. The van der Waals surface area contributed by atoms with Gasteiger partial charge >= 0.3 is 0 Å². The fourth-order valence-corrected chi connectivity index (χ4v) is 3.72. The number of hydrogen-bond acceptors (Lipinski definition) is 4. The second kappa shape index (κ2) is 5.92. The minimum Gasteiger partial charge on any atom is -0.394 e. The van der Waals surface area contributed by atoms with Crippen LogP contribution in [0.3, 0.4) is 0 Å². The minimum absolute atomic E-state index is 0.0296. The van der Waals surface area contributed by atoms with E-state index in [2.05, 4.69) is 0 Å². The first-order valence-corrected chi connectivity index (χ1v) is 8.44. The van der Waals surface area contributed by atoms with Gasteiger partial charge in [-0.05, 0) is 31.4 Å². The zero-order valence-corrected chi connectivity index (χ0v) is 12.1. The van der Waals surface area contributed by atoms with Crippen molar-refractivity contribution >= 4 is 15.5 Å². The third-order valence-electron chi connectivity index (χ3n) is 3.73. The Morgan fingerprint density at radius 3 is 2.74 bits per heavy atom. The highest BCUT2D eigenvalue weighted by Gasteiger charge is 2.26. The van der Waals surface area contributed by atoms with Crippen molar-refractivity contribution in [3.63, 3.8) is 0 Å². The molecular formula is C14H21NO3S. The lowest BCUT2D eigenvalue weighted by atomic mass is 10.0. The molecule has 1 aromatic carbocycles. The summed E-state index contributed by atoms with van der Waals surface area (Å²) in [5.41, 5.74) is 0.739. The Morgan fingerprint density at radius 2 is 2.05 bits per heavy atom. The van der Waals surface area contributed by atoms with Crippen LogP contribution in [0.15, 0.2) is 29.2 Å². The summed E-state index contributed by atoms with van der Waals surface area (Å²) in [6.45, 7) is 2.54. The normalized spacial score (nSPS) is 20.5. The summed E-state index contributed by atoms with van der Waals surface area (Å²) < 4.78 is 24.3. The molecule has 0 radical (unpaired) electrons. The zero-order chi connectivity index (χ0) is 13.9. The van der Waals surface area contributed by atoms with Crippen LogP contribution in [0.2, 0.25) is 0 Å². The molecule has 19 heavy (non-hydrogen) atoms. The van der Waals surface area contributed by atoms with Gasteiger partial charge in [-0.25, -0.2) is 8.42 Å². The molecule has 1 aromatic rings. The Balaban J connectivity index is 2.44. The van der Waals surface area contributed by atoms with Gasteiger partial charge in [-0.1, -0.05) is 19.1 Å². The van der Waals surface area contributed by atoms with Crippen molar-refractivity contribution in [2.75, 3.05) is 23.8 Å². The van der Waals surface area contributed by atoms with Gasteiger partial charge in [0.25, 0.3) is 0 Å². The lowest BCUT2D eigenvalue weighted by molar-refractivity contribution is 0.239. The van der Waals surface area contributed by atoms with Crippen LogP contribution >= 0.6 is 0 Å². The van der Waals surface area contributed by atoms with Crippen molar-refractivity contribution in [3.05, 3.63) is 24.3 Å². The highest BCUT2D eigenvalue weighted by Crippen LogP contribution is 2.31. The van der Waals surface area contributed by atoms with E-state index < -0.39 is 9.84 Å². The highest BCUT2D eigenvalue weighted by atomic mass is 32.2. The largest absolute Gasteiger partial charge is 0.394 e. The van der Waals surface area contributed by atoms with Gasteiger partial charge < -0.3 is 10.0 Å². The van der Waals surface area contributed by atoms with Crippen LogP contribution in [0.5, 0.6) is 0 Å². The van der Waals surface area contributed by atoms with Gasteiger partial charge in [0.15, 0.2) is 9.84 Å². The van der Waals surface area contributed by atoms with E-state index in [4.69, 9.17) is 0 Å². The van der Waals surface area contributed by atoms with Gasteiger partial charge in [-0.15, -0.1) is 0 Å². The first kappa shape index (κ1) is 14.3. The van der Waals surface area contributed by atoms with Crippen molar-refractivity contribution < 1.29 is 13.5 Å². The topological polar surface area (TPSA) is 57.6 Å². The zero-order valence-electron chi connectivity index (χ0n) is 11.2. The smallest absolute Gasteiger partial charge is 0.180 e. The van der Waals surface area contributed by atoms with E-state index in [1.165, 1.54) is 0 Å². The number of hydrogen-bond donors (Lipinski definition) is 1. The van der Waals surface area contributed by atoms with E-state index in [1.807, 2.05) is 17.0 Å². The molecular weight excluding hydrogens is 262 g/mol. The number of piperidine rings is 1. The summed E-state index contributed by atoms with van der Waals surface area (Å²) >= 11 is 0. The van der Waals surface area contributed by atoms with Crippen LogP contribution < -0.4 is 4.90 Å². The number of aliphatic hydroxyl groups is 1. The molecule has 5 heteroatoms. The second-order valence-corrected chi connectivity index (χ2v) is 7.14. The Morgan fingerprint density at radius 1 is 1.32 bits per heavy atom. The average molecular weight is 283 g/mol. The van der Waals surface area contributed by atoms with Gasteiger partial charge in [0.2, 0.25) is 0 Å². The van der Waals surface area contributed by atoms with Gasteiger partial charge in [0.05, 0.1) is 29.0 Å².